The Labute approximate surface area is 109 Å². The molecule has 1 rings (SSSR count). The Balaban J connectivity index is 2.91. The first-order chi connectivity index (χ1) is 8.06. The molecule has 4 nitrogen and oxygen atoms in total. The van der Waals surface area contributed by atoms with Crippen LogP contribution in [-0.4, -0.2) is 24.6 Å². The van der Waals surface area contributed by atoms with E-state index in [9.17, 15) is 9.59 Å². The van der Waals surface area contributed by atoms with Gasteiger partial charge in [-0.1, -0.05) is 23.5 Å². The highest BCUT2D eigenvalue weighted by atomic mass is 32.2. The second-order valence-corrected chi connectivity index (χ2v) is 5.44. The molecule has 0 aliphatic carbocycles. The Morgan fingerprint density at radius 1 is 1.24 bits per heavy atom. The van der Waals surface area contributed by atoms with E-state index < -0.39 is 11.9 Å². The lowest BCUT2D eigenvalue weighted by Gasteiger charge is -2.11. The standard InChI is InChI=1S/C11H14O4S2/c1-4-14-9(12)8(10(13)15-7(2)3)11-16-5-6-17-11/h5-7H,4H2,1-3H3. The molecule has 0 amide bonds. The quantitative estimate of drug-likeness (QED) is 0.340. The van der Waals surface area contributed by atoms with E-state index in [1.807, 2.05) is 10.8 Å². The third kappa shape index (κ3) is 4.12. The van der Waals surface area contributed by atoms with Gasteiger partial charge in [0.2, 0.25) is 0 Å². The third-order valence-corrected chi connectivity index (χ3v) is 3.77. The number of carbonyl (C=O) groups is 2. The first-order valence-electron chi connectivity index (χ1n) is 5.17. The fourth-order valence-corrected chi connectivity index (χ4v) is 2.87. The summed E-state index contributed by atoms with van der Waals surface area (Å²) in [7, 11) is 0. The minimum atomic E-state index is -0.628. The van der Waals surface area contributed by atoms with Gasteiger partial charge in [-0.05, 0) is 31.6 Å². The van der Waals surface area contributed by atoms with Crippen LogP contribution in [-0.2, 0) is 19.1 Å². The van der Waals surface area contributed by atoms with Gasteiger partial charge in [-0.15, -0.1) is 0 Å². The summed E-state index contributed by atoms with van der Waals surface area (Å²) in [5.41, 5.74) is -0.0134. The molecule has 0 unspecified atom stereocenters. The first-order valence-corrected chi connectivity index (χ1v) is 6.92. The Morgan fingerprint density at radius 2 is 1.82 bits per heavy atom. The first kappa shape index (κ1) is 14.2. The Bertz CT molecular complexity index is 362. The minimum absolute atomic E-state index is 0.0134. The van der Waals surface area contributed by atoms with E-state index in [0.717, 1.165) is 0 Å². The predicted octanol–water partition coefficient (Wildman–Crippen LogP) is 2.66. The summed E-state index contributed by atoms with van der Waals surface area (Å²) in [6.07, 6.45) is -0.267. The molecule has 0 bridgehead atoms. The molecular formula is C11H14O4S2. The molecule has 17 heavy (non-hydrogen) atoms. The third-order valence-electron chi connectivity index (χ3n) is 1.64. The second-order valence-electron chi connectivity index (χ2n) is 3.34. The Morgan fingerprint density at radius 3 is 2.29 bits per heavy atom. The molecule has 0 radical (unpaired) electrons. The van der Waals surface area contributed by atoms with Crippen molar-refractivity contribution in [3.63, 3.8) is 0 Å². The van der Waals surface area contributed by atoms with Crippen molar-refractivity contribution in [2.24, 2.45) is 0 Å². The molecule has 94 valence electrons. The van der Waals surface area contributed by atoms with E-state index >= 15 is 0 Å². The highest BCUT2D eigenvalue weighted by Crippen LogP contribution is 2.40. The summed E-state index contributed by atoms with van der Waals surface area (Å²) in [6.45, 7) is 5.39. The topological polar surface area (TPSA) is 52.6 Å². The van der Waals surface area contributed by atoms with Crippen LogP contribution >= 0.6 is 23.5 Å². The molecular weight excluding hydrogens is 260 g/mol. The van der Waals surface area contributed by atoms with Crippen LogP contribution in [0.15, 0.2) is 20.6 Å². The number of ether oxygens (including phenoxy) is 2. The largest absolute Gasteiger partial charge is 0.462 e. The van der Waals surface area contributed by atoms with Crippen molar-refractivity contribution in [1.82, 2.24) is 0 Å². The van der Waals surface area contributed by atoms with Crippen molar-refractivity contribution < 1.29 is 19.1 Å². The second kappa shape index (κ2) is 6.76. The van der Waals surface area contributed by atoms with Gasteiger partial charge in [-0.2, -0.15) is 0 Å². The van der Waals surface area contributed by atoms with Gasteiger partial charge in [-0.3, -0.25) is 0 Å². The number of carbonyl (C=O) groups excluding carboxylic acids is 2. The van der Waals surface area contributed by atoms with Gasteiger partial charge in [-0.25, -0.2) is 9.59 Å². The van der Waals surface area contributed by atoms with Crippen molar-refractivity contribution in [3.05, 3.63) is 20.6 Å². The highest BCUT2D eigenvalue weighted by molar-refractivity contribution is 8.27. The van der Waals surface area contributed by atoms with E-state index in [-0.39, 0.29) is 18.3 Å². The van der Waals surface area contributed by atoms with Crippen LogP contribution < -0.4 is 0 Å². The molecule has 0 N–H and O–H groups in total. The number of thioether (sulfide) groups is 2. The van der Waals surface area contributed by atoms with E-state index in [1.54, 1.807) is 20.8 Å². The summed E-state index contributed by atoms with van der Waals surface area (Å²) >= 11 is 2.64. The fraction of sp³-hybridized carbons (Fsp3) is 0.455. The lowest BCUT2D eigenvalue weighted by molar-refractivity contribution is -0.148. The normalized spacial score (nSPS) is 14.0. The summed E-state index contributed by atoms with van der Waals surface area (Å²) in [5, 5.41) is 3.61. The van der Waals surface area contributed by atoms with Crippen molar-refractivity contribution in [2.75, 3.05) is 6.61 Å². The molecule has 0 aromatic rings. The molecule has 6 heteroatoms. The van der Waals surface area contributed by atoms with Crippen LogP contribution in [0.25, 0.3) is 0 Å². The number of hydrogen-bond acceptors (Lipinski definition) is 6. The maximum Gasteiger partial charge on any atom is 0.347 e. The van der Waals surface area contributed by atoms with E-state index in [4.69, 9.17) is 9.47 Å². The van der Waals surface area contributed by atoms with Crippen LogP contribution in [0.2, 0.25) is 0 Å². The van der Waals surface area contributed by atoms with E-state index in [0.29, 0.717) is 4.24 Å². The zero-order valence-corrected chi connectivity index (χ0v) is 11.5. The Hall–Kier alpha value is -0.880. The lowest BCUT2D eigenvalue weighted by atomic mass is 10.3. The molecule has 0 atom stereocenters. The van der Waals surface area contributed by atoms with Gasteiger partial charge in [0, 0.05) is 0 Å². The SMILES string of the molecule is CCOC(=O)C(C(=O)OC(C)C)=C1SC=CS1. The zero-order chi connectivity index (χ0) is 12.8. The number of hydrogen-bond donors (Lipinski definition) is 0. The van der Waals surface area contributed by atoms with Crippen LogP contribution in [0.4, 0.5) is 0 Å². The lowest BCUT2D eigenvalue weighted by Crippen LogP contribution is -2.21. The highest BCUT2D eigenvalue weighted by Gasteiger charge is 2.28. The molecule has 0 fully saturated rings. The predicted molar refractivity (Wildman–Crippen MR) is 69.2 cm³/mol. The summed E-state index contributed by atoms with van der Waals surface area (Å²) < 4.78 is 10.5. The van der Waals surface area contributed by atoms with Gasteiger partial charge < -0.3 is 9.47 Å². The van der Waals surface area contributed by atoms with E-state index in [1.165, 1.54) is 23.5 Å². The van der Waals surface area contributed by atoms with E-state index in [2.05, 4.69) is 0 Å². The van der Waals surface area contributed by atoms with Crippen molar-refractivity contribution in [2.45, 2.75) is 26.9 Å². The summed E-state index contributed by atoms with van der Waals surface area (Å²) in [5.74, 6) is -1.26. The molecule has 1 aliphatic rings. The number of rotatable bonds is 4. The van der Waals surface area contributed by atoms with Crippen LogP contribution in [0.3, 0.4) is 0 Å². The van der Waals surface area contributed by atoms with Crippen LogP contribution in [0.5, 0.6) is 0 Å². The van der Waals surface area contributed by atoms with Crippen molar-refractivity contribution >= 4 is 35.5 Å². The van der Waals surface area contributed by atoms with Gasteiger partial charge in [0.25, 0.3) is 0 Å². The summed E-state index contributed by atoms with van der Waals surface area (Å²) in [4.78, 5) is 23.5. The zero-order valence-electron chi connectivity index (χ0n) is 9.89. The molecule has 1 aliphatic heterocycles. The molecule has 0 saturated heterocycles. The fourth-order valence-electron chi connectivity index (χ4n) is 1.05. The van der Waals surface area contributed by atoms with Crippen molar-refractivity contribution in [3.8, 4) is 0 Å². The maximum atomic E-state index is 11.8. The molecule has 0 saturated carbocycles. The molecule has 0 spiro atoms. The average molecular weight is 274 g/mol. The maximum absolute atomic E-state index is 11.8. The number of esters is 2. The average Bonchev–Trinajstić information content (AvgIpc) is 2.70. The smallest absolute Gasteiger partial charge is 0.347 e. The minimum Gasteiger partial charge on any atom is -0.462 e. The van der Waals surface area contributed by atoms with Gasteiger partial charge >= 0.3 is 11.9 Å². The van der Waals surface area contributed by atoms with Gasteiger partial charge in [0.05, 0.1) is 16.9 Å². The molecule has 0 aromatic heterocycles. The monoisotopic (exact) mass is 274 g/mol. The molecule has 1 heterocycles. The molecule has 0 aromatic carbocycles. The summed E-state index contributed by atoms with van der Waals surface area (Å²) in [6, 6.07) is 0. The van der Waals surface area contributed by atoms with Crippen LogP contribution in [0.1, 0.15) is 20.8 Å². The Kier molecular flexibility index (Phi) is 5.64. The van der Waals surface area contributed by atoms with Gasteiger partial charge in [0.1, 0.15) is 0 Å². The van der Waals surface area contributed by atoms with Crippen molar-refractivity contribution in [1.29, 1.82) is 0 Å². The van der Waals surface area contributed by atoms with Crippen LogP contribution in [0, 0.1) is 0 Å². The van der Waals surface area contributed by atoms with Gasteiger partial charge in [0.15, 0.2) is 5.57 Å².